The fraction of sp³-hybridized carbons (Fsp3) is 0.192. The fourth-order valence-electron chi connectivity index (χ4n) is 4.54. The standard InChI is InChI=1S/C26H21NO6/c28-16-5-7-20-22(13-16)33-23-14-17(29)6-8-21(23)24(20)18-3-1-2-4-19(18)25(30)27-11-9-15(10-12-27)26(31)32/h1-8,13-15H,9-12H2,(H2,28,29,31,32). The Morgan fingerprint density at radius 1 is 1.00 bits per heavy atom. The van der Waals surface area contributed by atoms with Gasteiger partial charge in [-0.05, 0) is 30.3 Å². The SMILES string of the molecule is O=C([O-])C1CC[N+](=C(O)c2ccccc2-c2c3ccc(=O)cc-3oc3cc(O)ccc23)CC1. The van der Waals surface area contributed by atoms with E-state index >= 15 is 0 Å². The quantitative estimate of drug-likeness (QED) is 0.286. The molecule has 0 unspecified atom stereocenters. The molecule has 1 fully saturated rings. The number of hydrogen-bond acceptors (Lipinski definition) is 5. The minimum absolute atomic E-state index is 0.0355. The molecule has 1 saturated heterocycles. The number of aliphatic carboxylic acids is 1. The number of carboxylic acids is 1. The Morgan fingerprint density at radius 2 is 1.76 bits per heavy atom. The summed E-state index contributed by atoms with van der Waals surface area (Å²) in [7, 11) is 0. The smallest absolute Gasteiger partial charge is 0.368 e. The maximum absolute atomic E-state index is 12.0. The van der Waals surface area contributed by atoms with Crippen LogP contribution in [-0.4, -0.2) is 39.7 Å². The summed E-state index contributed by atoms with van der Waals surface area (Å²) in [6.45, 7) is 0.801. The number of fused-ring (bicyclic) bond motifs is 2. The molecule has 0 saturated carbocycles. The highest BCUT2D eigenvalue weighted by atomic mass is 16.4. The van der Waals surface area contributed by atoms with Gasteiger partial charge < -0.3 is 24.5 Å². The molecule has 0 bridgehead atoms. The predicted molar refractivity (Wildman–Crippen MR) is 121 cm³/mol. The molecule has 0 aromatic heterocycles. The van der Waals surface area contributed by atoms with E-state index in [0.29, 0.717) is 48.4 Å². The number of carbonyl (C=O) groups is 1. The third-order valence-corrected chi connectivity index (χ3v) is 6.24. The first-order valence-electron chi connectivity index (χ1n) is 10.7. The largest absolute Gasteiger partial charge is 0.550 e. The Kier molecular flexibility index (Phi) is 5.09. The monoisotopic (exact) mass is 443 g/mol. The topological polar surface area (TPSA) is 114 Å². The van der Waals surface area contributed by atoms with Gasteiger partial charge in [0, 0.05) is 58.9 Å². The molecular formula is C26H21NO6. The van der Waals surface area contributed by atoms with Gasteiger partial charge >= 0.3 is 5.90 Å². The molecule has 0 amide bonds. The first-order chi connectivity index (χ1) is 15.9. The number of aliphatic hydroxyl groups is 1. The van der Waals surface area contributed by atoms with Crippen LogP contribution in [0, 0.1) is 5.92 Å². The number of phenolic OH excluding ortho intramolecular Hbond substituents is 1. The number of aromatic hydroxyl groups is 1. The van der Waals surface area contributed by atoms with Crippen LogP contribution < -0.4 is 10.5 Å². The van der Waals surface area contributed by atoms with Gasteiger partial charge in [0.1, 0.15) is 30.2 Å². The average Bonchev–Trinajstić information content (AvgIpc) is 2.82. The van der Waals surface area contributed by atoms with Gasteiger partial charge in [0.05, 0.1) is 5.56 Å². The zero-order valence-electron chi connectivity index (χ0n) is 17.7. The first-order valence-corrected chi connectivity index (χ1v) is 10.7. The van der Waals surface area contributed by atoms with E-state index in [0.717, 1.165) is 16.5 Å². The Bertz CT molecular complexity index is 1440. The van der Waals surface area contributed by atoms with E-state index in [4.69, 9.17) is 4.42 Å². The maximum atomic E-state index is 12.0. The third-order valence-electron chi connectivity index (χ3n) is 6.24. The van der Waals surface area contributed by atoms with Crippen molar-refractivity contribution in [3.63, 3.8) is 0 Å². The van der Waals surface area contributed by atoms with Crippen LogP contribution in [0.3, 0.4) is 0 Å². The number of rotatable bonds is 3. The number of carbonyl (C=O) groups excluding carboxylic acids is 1. The van der Waals surface area contributed by atoms with Gasteiger partial charge in [-0.2, -0.15) is 4.58 Å². The second-order valence-corrected chi connectivity index (χ2v) is 8.27. The first kappa shape index (κ1) is 20.8. The van der Waals surface area contributed by atoms with Crippen LogP contribution in [0.5, 0.6) is 5.75 Å². The second kappa shape index (κ2) is 8.09. The van der Waals surface area contributed by atoms with E-state index in [1.54, 1.807) is 28.8 Å². The number of piperidine rings is 1. The van der Waals surface area contributed by atoms with Crippen molar-refractivity contribution in [2.75, 3.05) is 13.1 Å². The average molecular weight is 443 g/mol. The van der Waals surface area contributed by atoms with Gasteiger partial charge in [0.25, 0.3) is 0 Å². The zero-order valence-corrected chi connectivity index (χ0v) is 17.7. The highest BCUT2D eigenvalue weighted by molar-refractivity contribution is 6.07. The van der Waals surface area contributed by atoms with Gasteiger partial charge in [0.15, 0.2) is 5.43 Å². The Morgan fingerprint density at radius 3 is 2.52 bits per heavy atom. The van der Waals surface area contributed by atoms with Crippen LogP contribution >= 0.6 is 0 Å². The van der Waals surface area contributed by atoms with Gasteiger partial charge in [-0.25, -0.2) is 0 Å². The summed E-state index contributed by atoms with van der Waals surface area (Å²) in [5, 5.41) is 33.1. The molecule has 166 valence electrons. The molecule has 2 aromatic rings. The van der Waals surface area contributed by atoms with Crippen LogP contribution in [0.1, 0.15) is 18.4 Å². The zero-order chi connectivity index (χ0) is 23.1. The molecular weight excluding hydrogens is 422 g/mol. The summed E-state index contributed by atoms with van der Waals surface area (Å²) in [5.74, 6) is -1.10. The van der Waals surface area contributed by atoms with Crippen molar-refractivity contribution >= 4 is 22.8 Å². The molecule has 2 heterocycles. The van der Waals surface area contributed by atoms with E-state index in [9.17, 15) is 24.9 Å². The normalized spacial score (nSPS) is 16.2. The van der Waals surface area contributed by atoms with E-state index in [-0.39, 0.29) is 17.1 Å². The minimum atomic E-state index is -1.05. The number of nitrogens with zero attached hydrogens (tertiary/aromatic N) is 1. The number of phenols is 1. The molecule has 0 atom stereocenters. The summed E-state index contributed by atoms with van der Waals surface area (Å²) in [6, 6.07) is 16.7. The van der Waals surface area contributed by atoms with Crippen molar-refractivity contribution in [3.8, 4) is 28.2 Å². The van der Waals surface area contributed by atoms with E-state index in [1.807, 2.05) is 18.2 Å². The van der Waals surface area contributed by atoms with Crippen LogP contribution in [0.25, 0.3) is 33.4 Å². The lowest BCUT2D eigenvalue weighted by Gasteiger charge is -2.22. The highest BCUT2D eigenvalue weighted by Crippen LogP contribution is 2.41. The van der Waals surface area contributed by atoms with Crippen molar-refractivity contribution in [1.29, 1.82) is 0 Å². The van der Waals surface area contributed by atoms with Gasteiger partial charge in [-0.3, -0.25) is 4.79 Å². The lowest BCUT2D eigenvalue weighted by atomic mass is 9.90. The molecule has 7 heteroatoms. The van der Waals surface area contributed by atoms with Crippen molar-refractivity contribution < 1.29 is 29.1 Å². The van der Waals surface area contributed by atoms with Crippen molar-refractivity contribution in [2.24, 2.45) is 5.92 Å². The van der Waals surface area contributed by atoms with E-state index < -0.39 is 11.9 Å². The molecule has 2 N–H and O–H groups in total. The predicted octanol–water partition coefficient (Wildman–Crippen LogP) is 2.75. The summed E-state index contributed by atoms with van der Waals surface area (Å²) >= 11 is 0. The van der Waals surface area contributed by atoms with Crippen LogP contribution in [0.2, 0.25) is 0 Å². The van der Waals surface area contributed by atoms with Crippen LogP contribution in [0.4, 0.5) is 0 Å². The second-order valence-electron chi connectivity index (χ2n) is 8.27. The minimum Gasteiger partial charge on any atom is -0.550 e. The van der Waals surface area contributed by atoms with Crippen molar-refractivity contribution in [2.45, 2.75) is 12.8 Å². The number of aliphatic hydroxyl groups excluding tert-OH is 1. The number of hydrogen-bond donors (Lipinski definition) is 2. The summed E-state index contributed by atoms with van der Waals surface area (Å²) in [4.78, 5) is 23.2. The number of benzene rings is 3. The lowest BCUT2D eigenvalue weighted by Crippen LogP contribution is -2.39. The van der Waals surface area contributed by atoms with Gasteiger partial charge in [0.2, 0.25) is 0 Å². The van der Waals surface area contributed by atoms with E-state index in [1.165, 1.54) is 18.2 Å². The summed E-state index contributed by atoms with van der Waals surface area (Å²) < 4.78 is 7.69. The maximum Gasteiger partial charge on any atom is 0.368 e. The third kappa shape index (κ3) is 3.71. The highest BCUT2D eigenvalue weighted by Gasteiger charge is 2.28. The number of carboxylic acid groups (broad SMARTS) is 1. The summed E-state index contributed by atoms with van der Waals surface area (Å²) in [6.07, 6.45) is 0.798. The van der Waals surface area contributed by atoms with E-state index in [2.05, 4.69) is 0 Å². The van der Waals surface area contributed by atoms with Crippen LogP contribution in [-0.2, 0) is 4.79 Å². The summed E-state index contributed by atoms with van der Waals surface area (Å²) in [5.41, 5.74) is 2.98. The molecule has 5 rings (SSSR count). The Hall–Kier alpha value is -4.13. The molecule has 2 aromatic carbocycles. The van der Waals surface area contributed by atoms with Gasteiger partial charge in [-0.15, -0.1) is 0 Å². The van der Waals surface area contributed by atoms with Crippen molar-refractivity contribution in [1.82, 2.24) is 0 Å². The molecule has 0 spiro atoms. The molecule has 33 heavy (non-hydrogen) atoms. The fourth-order valence-corrected chi connectivity index (χ4v) is 4.54. The molecule has 3 aliphatic rings. The van der Waals surface area contributed by atoms with Gasteiger partial charge in [-0.1, -0.05) is 18.2 Å². The molecule has 1 aliphatic carbocycles. The molecule has 2 aliphatic heterocycles. The lowest BCUT2D eigenvalue weighted by molar-refractivity contribution is -0.547. The Labute approximate surface area is 188 Å². The van der Waals surface area contributed by atoms with Crippen LogP contribution in [0.15, 0.2) is 69.9 Å². The molecule has 7 nitrogen and oxygen atoms in total. The van der Waals surface area contributed by atoms with Crippen molar-refractivity contribution in [3.05, 3.63) is 76.5 Å². The molecule has 0 radical (unpaired) electrons. The Balaban J connectivity index is 1.73.